The first-order valence-corrected chi connectivity index (χ1v) is 7.27. The van der Waals surface area contributed by atoms with Crippen molar-refractivity contribution >= 4 is 12.1 Å². The molecule has 0 rings (SSSR count). The first kappa shape index (κ1) is 17.7. The van der Waals surface area contributed by atoms with Crippen molar-refractivity contribution in [3.05, 3.63) is 0 Å². The van der Waals surface area contributed by atoms with E-state index in [0.29, 0.717) is 13.0 Å². The predicted octanol–water partition coefficient (Wildman–Crippen LogP) is 3.33. The van der Waals surface area contributed by atoms with Crippen molar-refractivity contribution in [1.82, 2.24) is 5.32 Å². The van der Waals surface area contributed by atoms with Crippen LogP contribution >= 0.6 is 0 Å². The Morgan fingerprint density at radius 1 is 1.05 bits per heavy atom. The van der Waals surface area contributed by atoms with Gasteiger partial charge in [-0.05, 0) is 12.8 Å². The van der Waals surface area contributed by atoms with Gasteiger partial charge in [0.1, 0.15) is 6.04 Å². The summed E-state index contributed by atoms with van der Waals surface area (Å²) in [6.45, 7) is 4.56. The normalized spacial score (nSPS) is 11.9. The third-order valence-electron chi connectivity index (χ3n) is 2.92. The summed E-state index contributed by atoms with van der Waals surface area (Å²) in [5.74, 6) is -0.449. The monoisotopic (exact) mass is 273 g/mol. The number of carbonyl (C=O) groups excluding carboxylic acids is 1. The van der Waals surface area contributed by atoms with Gasteiger partial charge >= 0.3 is 12.1 Å². The van der Waals surface area contributed by atoms with Crippen LogP contribution in [-0.2, 0) is 9.53 Å². The van der Waals surface area contributed by atoms with Gasteiger partial charge in [0.2, 0.25) is 0 Å². The summed E-state index contributed by atoms with van der Waals surface area (Å²) in [5.41, 5.74) is 0. The molecule has 0 aliphatic rings. The van der Waals surface area contributed by atoms with Crippen LogP contribution in [0, 0.1) is 0 Å². The average molecular weight is 273 g/mol. The van der Waals surface area contributed by atoms with Crippen molar-refractivity contribution in [1.29, 1.82) is 0 Å². The maximum atomic E-state index is 11.8. The van der Waals surface area contributed by atoms with Crippen molar-refractivity contribution in [2.75, 3.05) is 6.61 Å². The number of esters is 1. The summed E-state index contributed by atoms with van der Waals surface area (Å²) in [4.78, 5) is 22.4. The Morgan fingerprint density at radius 2 is 1.68 bits per heavy atom. The molecule has 0 aliphatic heterocycles. The van der Waals surface area contributed by atoms with Gasteiger partial charge in [-0.2, -0.15) is 0 Å². The summed E-state index contributed by atoms with van der Waals surface area (Å²) in [6, 6.07) is -0.727. The quantitative estimate of drug-likeness (QED) is 0.447. The van der Waals surface area contributed by atoms with Crippen LogP contribution in [0.3, 0.4) is 0 Å². The van der Waals surface area contributed by atoms with Gasteiger partial charge in [-0.3, -0.25) is 0 Å². The predicted molar refractivity (Wildman–Crippen MR) is 74.2 cm³/mol. The zero-order valence-electron chi connectivity index (χ0n) is 12.1. The zero-order valence-corrected chi connectivity index (χ0v) is 12.1. The molecule has 2 N–H and O–H groups in total. The van der Waals surface area contributed by atoms with E-state index >= 15 is 0 Å². The van der Waals surface area contributed by atoms with Crippen LogP contribution in [0.5, 0.6) is 0 Å². The first-order valence-electron chi connectivity index (χ1n) is 7.27. The minimum atomic E-state index is -1.18. The number of hydrogen-bond donors (Lipinski definition) is 2. The van der Waals surface area contributed by atoms with E-state index in [9.17, 15) is 9.59 Å². The van der Waals surface area contributed by atoms with Gasteiger partial charge in [0.25, 0.3) is 0 Å². The van der Waals surface area contributed by atoms with Crippen LogP contribution < -0.4 is 5.32 Å². The number of hydrogen-bond acceptors (Lipinski definition) is 3. The highest BCUT2D eigenvalue weighted by Crippen LogP contribution is 2.06. The zero-order chi connectivity index (χ0) is 14.5. The highest BCUT2D eigenvalue weighted by atomic mass is 16.5. The van der Waals surface area contributed by atoms with E-state index in [-0.39, 0.29) is 0 Å². The molecule has 0 saturated heterocycles. The smallest absolute Gasteiger partial charge is 0.405 e. The van der Waals surface area contributed by atoms with E-state index < -0.39 is 18.1 Å². The van der Waals surface area contributed by atoms with Crippen LogP contribution in [-0.4, -0.2) is 29.8 Å². The van der Waals surface area contributed by atoms with E-state index in [1.54, 1.807) is 0 Å². The standard InChI is InChI=1S/C14H27NO4/c1-3-5-7-9-11-19-13(16)12(15-14(17)18)10-8-6-4-2/h12,15H,3-11H2,1-2H3,(H,17,18). The third-order valence-corrected chi connectivity index (χ3v) is 2.92. The molecule has 0 aromatic heterocycles. The molecular weight excluding hydrogens is 246 g/mol. The SMILES string of the molecule is CCCCCCOC(=O)C(CCCCC)NC(=O)O. The molecule has 0 heterocycles. The lowest BCUT2D eigenvalue weighted by Gasteiger charge is -2.15. The lowest BCUT2D eigenvalue weighted by Crippen LogP contribution is -2.41. The molecule has 5 heteroatoms. The number of ether oxygens (including phenoxy) is 1. The molecule has 0 spiro atoms. The van der Waals surface area contributed by atoms with Crippen LogP contribution in [0.25, 0.3) is 0 Å². The summed E-state index contributed by atoms with van der Waals surface area (Å²) in [7, 11) is 0. The molecule has 1 atom stereocenters. The van der Waals surface area contributed by atoms with E-state index in [1.807, 2.05) is 0 Å². The Balaban J connectivity index is 3.96. The average Bonchev–Trinajstić information content (AvgIpc) is 2.37. The van der Waals surface area contributed by atoms with Gasteiger partial charge in [0.15, 0.2) is 0 Å². The van der Waals surface area contributed by atoms with Crippen LogP contribution in [0.2, 0.25) is 0 Å². The van der Waals surface area contributed by atoms with E-state index in [1.165, 1.54) is 0 Å². The molecule has 0 aromatic carbocycles. The highest BCUT2D eigenvalue weighted by Gasteiger charge is 2.21. The minimum Gasteiger partial charge on any atom is -0.465 e. The highest BCUT2D eigenvalue weighted by molar-refractivity contribution is 5.80. The van der Waals surface area contributed by atoms with Crippen molar-refractivity contribution < 1.29 is 19.4 Å². The number of carboxylic acid groups (broad SMARTS) is 1. The fourth-order valence-corrected chi connectivity index (χ4v) is 1.80. The van der Waals surface area contributed by atoms with Crippen LogP contribution in [0.4, 0.5) is 4.79 Å². The summed E-state index contributed by atoms with van der Waals surface area (Å²) < 4.78 is 5.12. The largest absolute Gasteiger partial charge is 0.465 e. The number of rotatable bonds is 11. The fraction of sp³-hybridized carbons (Fsp3) is 0.857. The first-order chi connectivity index (χ1) is 9.11. The van der Waals surface area contributed by atoms with Crippen molar-refractivity contribution in [3.8, 4) is 0 Å². The molecule has 0 radical (unpaired) electrons. The van der Waals surface area contributed by atoms with E-state index in [4.69, 9.17) is 9.84 Å². The molecule has 5 nitrogen and oxygen atoms in total. The van der Waals surface area contributed by atoms with Gasteiger partial charge in [-0.1, -0.05) is 52.4 Å². The molecule has 0 saturated carbocycles. The number of unbranched alkanes of at least 4 members (excludes halogenated alkanes) is 5. The Kier molecular flexibility index (Phi) is 11.0. The minimum absolute atomic E-state index is 0.379. The van der Waals surface area contributed by atoms with Gasteiger partial charge in [-0.15, -0.1) is 0 Å². The maximum Gasteiger partial charge on any atom is 0.405 e. The summed E-state index contributed by atoms with van der Waals surface area (Å²) in [6.07, 6.45) is 6.32. The Labute approximate surface area is 115 Å². The molecule has 0 fully saturated rings. The summed E-state index contributed by atoms with van der Waals surface area (Å²) >= 11 is 0. The van der Waals surface area contributed by atoms with Crippen LogP contribution in [0.1, 0.15) is 65.2 Å². The Hall–Kier alpha value is -1.26. The molecule has 0 aromatic rings. The van der Waals surface area contributed by atoms with Gasteiger partial charge in [0, 0.05) is 0 Å². The molecule has 0 bridgehead atoms. The molecule has 0 aliphatic carbocycles. The molecule has 19 heavy (non-hydrogen) atoms. The number of carbonyl (C=O) groups is 2. The van der Waals surface area contributed by atoms with Crippen molar-refractivity contribution in [2.45, 2.75) is 71.3 Å². The number of nitrogens with one attached hydrogen (secondary N) is 1. The number of amides is 1. The summed E-state index contributed by atoms with van der Waals surface area (Å²) in [5, 5.41) is 10.9. The van der Waals surface area contributed by atoms with Gasteiger partial charge in [0.05, 0.1) is 6.61 Å². The topological polar surface area (TPSA) is 75.6 Å². The van der Waals surface area contributed by atoms with Gasteiger partial charge < -0.3 is 15.2 Å². The second kappa shape index (κ2) is 11.8. The molecular formula is C14H27NO4. The van der Waals surface area contributed by atoms with Crippen molar-refractivity contribution in [3.63, 3.8) is 0 Å². The Morgan fingerprint density at radius 3 is 2.26 bits per heavy atom. The molecule has 112 valence electrons. The fourth-order valence-electron chi connectivity index (χ4n) is 1.80. The van der Waals surface area contributed by atoms with Crippen molar-refractivity contribution in [2.24, 2.45) is 0 Å². The lowest BCUT2D eigenvalue weighted by atomic mass is 10.1. The third kappa shape index (κ3) is 10.4. The van der Waals surface area contributed by atoms with Gasteiger partial charge in [-0.25, -0.2) is 9.59 Å². The van der Waals surface area contributed by atoms with E-state index in [0.717, 1.165) is 44.9 Å². The second-order valence-corrected chi connectivity index (χ2v) is 4.73. The molecule has 1 amide bonds. The molecule has 1 unspecified atom stereocenters. The lowest BCUT2D eigenvalue weighted by molar-refractivity contribution is -0.146. The maximum absolute atomic E-state index is 11.8. The van der Waals surface area contributed by atoms with E-state index in [2.05, 4.69) is 19.2 Å². The Bertz CT molecular complexity index is 256. The van der Waals surface area contributed by atoms with Crippen LogP contribution in [0.15, 0.2) is 0 Å². The second-order valence-electron chi connectivity index (χ2n) is 4.73.